The van der Waals surface area contributed by atoms with Gasteiger partial charge in [-0.2, -0.15) is 17.9 Å². The van der Waals surface area contributed by atoms with Crippen LogP contribution in [-0.2, 0) is 20.9 Å². The molecule has 1 aliphatic rings. The number of carbonyl (C=O) groups excluding carboxylic acids is 3. The molecule has 1 N–H and O–H groups in total. The van der Waals surface area contributed by atoms with Gasteiger partial charge in [-0.25, -0.2) is 4.79 Å². The molecule has 0 aromatic heterocycles. The molecule has 0 fully saturated rings. The van der Waals surface area contributed by atoms with Gasteiger partial charge in [0.05, 0.1) is 25.3 Å². The van der Waals surface area contributed by atoms with Gasteiger partial charge in [0.25, 0.3) is 11.8 Å². The highest BCUT2D eigenvalue weighted by atomic mass is 32.1. The number of esters is 1. The quantitative estimate of drug-likeness (QED) is 0.427. The van der Waals surface area contributed by atoms with Crippen molar-refractivity contribution in [2.24, 2.45) is 0 Å². The molecule has 0 atom stereocenters. The van der Waals surface area contributed by atoms with Crippen LogP contribution in [0.3, 0.4) is 0 Å². The number of thiol groups is 1. The summed E-state index contributed by atoms with van der Waals surface area (Å²) in [6.45, 7) is 7.28. The Balaban J connectivity index is 0.00000166. The maximum atomic E-state index is 12.8. The zero-order chi connectivity index (χ0) is 23.1. The number of ether oxygens (including phenoxy) is 1. The standard InChI is InChI=1S/C22H17N3O4.CH4S/c1-13(22(28)29-3)24-20(26)14(2)25-12-19-17(5-4-6-18(19)21(25)27)16-9-7-15(11-23)8-10-16;1-2/h4-10H,1-2,12H2,3H3,(H,24,26);2H,1H3. The molecule has 0 bridgehead atoms. The Bertz CT molecular complexity index is 1100. The fourth-order valence-electron chi connectivity index (χ4n) is 3.05. The number of hydrogen-bond acceptors (Lipinski definition) is 6. The predicted octanol–water partition coefficient (Wildman–Crippen LogP) is 3.04. The Hall–Kier alpha value is -3.83. The second-order valence-corrected chi connectivity index (χ2v) is 6.28. The molecule has 0 saturated carbocycles. The predicted molar refractivity (Wildman–Crippen MR) is 120 cm³/mol. The summed E-state index contributed by atoms with van der Waals surface area (Å²) in [5.74, 6) is -1.87. The highest BCUT2D eigenvalue weighted by Gasteiger charge is 2.33. The van der Waals surface area contributed by atoms with Crippen LogP contribution in [0.2, 0.25) is 0 Å². The molecule has 2 aromatic carbocycles. The van der Waals surface area contributed by atoms with E-state index in [1.807, 2.05) is 18.2 Å². The van der Waals surface area contributed by atoms with E-state index in [0.717, 1.165) is 16.7 Å². The number of rotatable bonds is 5. The number of nitriles is 1. The van der Waals surface area contributed by atoms with Gasteiger partial charge >= 0.3 is 5.97 Å². The average molecular weight is 436 g/mol. The summed E-state index contributed by atoms with van der Waals surface area (Å²) >= 11 is 3.53. The van der Waals surface area contributed by atoms with Gasteiger partial charge in [0.1, 0.15) is 11.4 Å². The largest absolute Gasteiger partial charge is 0.464 e. The second-order valence-electron chi connectivity index (χ2n) is 6.28. The van der Waals surface area contributed by atoms with Crippen molar-refractivity contribution in [1.82, 2.24) is 10.2 Å². The van der Waals surface area contributed by atoms with E-state index in [0.29, 0.717) is 11.1 Å². The van der Waals surface area contributed by atoms with Crippen molar-refractivity contribution in [2.75, 3.05) is 13.4 Å². The number of methoxy groups -OCH3 is 1. The summed E-state index contributed by atoms with van der Waals surface area (Å²) in [6, 6.07) is 14.4. The van der Waals surface area contributed by atoms with Crippen LogP contribution in [0.5, 0.6) is 0 Å². The summed E-state index contributed by atoms with van der Waals surface area (Å²) in [5.41, 5.74) is 3.08. The van der Waals surface area contributed by atoms with E-state index >= 15 is 0 Å². The lowest BCUT2D eigenvalue weighted by Crippen LogP contribution is -2.36. The number of nitrogens with one attached hydrogen (secondary N) is 1. The first-order chi connectivity index (χ1) is 14.9. The van der Waals surface area contributed by atoms with Crippen molar-refractivity contribution in [1.29, 1.82) is 5.26 Å². The Morgan fingerprint density at radius 3 is 2.32 bits per heavy atom. The van der Waals surface area contributed by atoms with Crippen LogP contribution in [0.1, 0.15) is 21.5 Å². The molecule has 1 aliphatic heterocycles. The maximum absolute atomic E-state index is 12.8. The lowest BCUT2D eigenvalue weighted by atomic mass is 9.96. The smallest absolute Gasteiger partial charge is 0.353 e. The molecule has 0 spiro atoms. The van der Waals surface area contributed by atoms with Gasteiger partial charge < -0.3 is 10.1 Å². The first-order valence-electron chi connectivity index (χ1n) is 9.04. The van der Waals surface area contributed by atoms with Crippen LogP contribution >= 0.6 is 12.6 Å². The fourth-order valence-corrected chi connectivity index (χ4v) is 3.05. The molecule has 1 heterocycles. The number of amides is 2. The summed E-state index contributed by atoms with van der Waals surface area (Å²) < 4.78 is 4.49. The Labute approximate surface area is 186 Å². The summed E-state index contributed by atoms with van der Waals surface area (Å²) in [5, 5.41) is 11.2. The zero-order valence-corrected chi connectivity index (χ0v) is 18.0. The van der Waals surface area contributed by atoms with Gasteiger partial charge in [0, 0.05) is 5.56 Å². The average Bonchev–Trinajstić information content (AvgIpc) is 3.15. The third-order valence-electron chi connectivity index (χ3n) is 4.58. The Morgan fingerprint density at radius 2 is 1.74 bits per heavy atom. The number of carbonyl (C=O) groups is 3. The van der Waals surface area contributed by atoms with E-state index in [1.165, 1.54) is 12.0 Å². The Kier molecular flexibility index (Phi) is 7.77. The summed E-state index contributed by atoms with van der Waals surface area (Å²) in [6.07, 6.45) is 1.69. The molecule has 0 aliphatic carbocycles. The first kappa shape index (κ1) is 23.4. The van der Waals surface area contributed by atoms with Gasteiger partial charge in [0.15, 0.2) is 0 Å². The van der Waals surface area contributed by atoms with E-state index in [1.54, 1.807) is 30.5 Å². The molecule has 0 saturated heterocycles. The lowest BCUT2D eigenvalue weighted by molar-refractivity contribution is -0.137. The number of nitrogens with zero attached hydrogens (tertiary/aromatic N) is 2. The van der Waals surface area contributed by atoms with Crippen LogP contribution in [-0.4, -0.2) is 36.0 Å². The molecule has 3 rings (SSSR count). The second kappa shape index (κ2) is 10.3. The van der Waals surface area contributed by atoms with E-state index < -0.39 is 11.9 Å². The summed E-state index contributed by atoms with van der Waals surface area (Å²) in [4.78, 5) is 37.9. The minimum Gasteiger partial charge on any atom is -0.464 e. The number of benzene rings is 2. The SMILES string of the molecule is C=C(NC(=O)C(=C)N1Cc2c(cccc2-c2ccc(C#N)cc2)C1=O)C(=O)OC.CS. The molecule has 0 radical (unpaired) electrons. The van der Waals surface area contributed by atoms with Crippen LogP contribution in [0.15, 0.2) is 67.0 Å². The Morgan fingerprint density at radius 1 is 1.13 bits per heavy atom. The molecule has 2 amide bonds. The van der Waals surface area contributed by atoms with E-state index in [4.69, 9.17) is 5.26 Å². The highest BCUT2D eigenvalue weighted by Crippen LogP contribution is 2.34. The third kappa shape index (κ3) is 4.85. The van der Waals surface area contributed by atoms with Crippen LogP contribution in [0.25, 0.3) is 11.1 Å². The fraction of sp³-hybridized carbons (Fsp3) is 0.130. The lowest BCUT2D eigenvalue weighted by Gasteiger charge is -2.18. The van der Waals surface area contributed by atoms with Crippen LogP contribution in [0, 0.1) is 11.3 Å². The molecule has 158 valence electrons. The number of hydrogen-bond donors (Lipinski definition) is 2. The molecular weight excluding hydrogens is 414 g/mol. The molecule has 8 heteroatoms. The van der Waals surface area contributed by atoms with E-state index in [-0.39, 0.29) is 23.8 Å². The van der Waals surface area contributed by atoms with E-state index in [9.17, 15) is 14.4 Å². The molecule has 7 nitrogen and oxygen atoms in total. The third-order valence-corrected chi connectivity index (χ3v) is 4.58. The van der Waals surface area contributed by atoms with Crippen molar-refractivity contribution in [2.45, 2.75) is 6.54 Å². The van der Waals surface area contributed by atoms with Gasteiger partial charge in [-0.15, -0.1) is 0 Å². The van der Waals surface area contributed by atoms with Crippen LogP contribution in [0.4, 0.5) is 0 Å². The van der Waals surface area contributed by atoms with Gasteiger partial charge in [0.2, 0.25) is 0 Å². The summed E-state index contributed by atoms with van der Waals surface area (Å²) in [7, 11) is 1.17. The van der Waals surface area contributed by atoms with Crippen LogP contribution < -0.4 is 5.32 Å². The topological polar surface area (TPSA) is 99.5 Å². The molecule has 31 heavy (non-hydrogen) atoms. The first-order valence-corrected chi connectivity index (χ1v) is 9.93. The van der Waals surface area contributed by atoms with Gasteiger partial charge in [-0.05, 0) is 41.1 Å². The van der Waals surface area contributed by atoms with Gasteiger partial charge in [-0.1, -0.05) is 37.4 Å². The zero-order valence-electron chi connectivity index (χ0n) is 17.1. The van der Waals surface area contributed by atoms with Gasteiger partial charge in [-0.3, -0.25) is 14.5 Å². The number of fused-ring (bicyclic) bond motifs is 1. The molecular formula is C23H21N3O4S. The van der Waals surface area contributed by atoms with Crippen molar-refractivity contribution in [3.63, 3.8) is 0 Å². The molecule has 0 unspecified atom stereocenters. The van der Waals surface area contributed by atoms with Crippen molar-refractivity contribution in [3.05, 3.63) is 83.7 Å². The maximum Gasteiger partial charge on any atom is 0.353 e. The van der Waals surface area contributed by atoms with Crippen molar-refractivity contribution in [3.8, 4) is 17.2 Å². The highest BCUT2D eigenvalue weighted by molar-refractivity contribution is 7.79. The van der Waals surface area contributed by atoms with Crippen molar-refractivity contribution >= 4 is 30.4 Å². The minimum absolute atomic E-state index is 0.109. The minimum atomic E-state index is -0.787. The van der Waals surface area contributed by atoms with E-state index in [2.05, 4.69) is 41.9 Å². The van der Waals surface area contributed by atoms with Crippen molar-refractivity contribution < 1.29 is 19.1 Å². The molecule has 2 aromatic rings. The monoisotopic (exact) mass is 435 g/mol. The normalized spacial score (nSPS) is 11.4.